The third kappa shape index (κ3) is 1.70. The topological polar surface area (TPSA) is 49.3 Å². The molecule has 1 saturated heterocycles. The summed E-state index contributed by atoms with van der Waals surface area (Å²) in [7, 11) is 0. The summed E-state index contributed by atoms with van der Waals surface area (Å²) in [5, 5.41) is 11.7. The molecular formula is C7H13NO2. The van der Waals surface area contributed by atoms with E-state index in [2.05, 4.69) is 5.32 Å². The lowest BCUT2D eigenvalue weighted by Crippen LogP contribution is -2.21. The molecule has 1 rings (SSSR count). The second-order valence-corrected chi connectivity index (χ2v) is 2.86. The Morgan fingerprint density at radius 3 is 3.00 bits per heavy atom. The number of carbonyl (C=O) groups excluding carboxylic acids is 1. The summed E-state index contributed by atoms with van der Waals surface area (Å²) in [5.41, 5.74) is 0. The molecule has 0 aliphatic carbocycles. The second-order valence-electron chi connectivity index (χ2n) is 2.86. The molecule has 0 aromatic heterocycles. The number of aliphatic hydroxyl groups excluding tert-OH is 1. The standard InChI is InChI=1S/C7H13NO2/c1-5(9)4-6-2-3-8-7(6)10/h5-6,9H,2-4H2,1H3,(H,8,10). The van der Waals surface area contributed by atoms with Crippen molar-refractivity contribution in [3.05, 3.63) is 0 Å². The number of hydrogen-bond acceptors (Lipinski definition) is 2. The van der Waals surface area contributed by atoms with Gasteiger partial charge in [-0.2, -0.15) is 0 Å². The summed E-state index contributed by atoms with van der Waals surface area (Å²) in [6, 6.07) is 0. The van der Waals surface area contributed by atoms with Gasteiger partial charge in [0.05, 0.1) is 6.10 Å². The first kappa shape index (κ1) is 7.54. The van der Waals surface area contributed by atoms with Crippen molar-refractivity contribution in [3.63, 3.8) is 0 Å². The first-order chi connectivity index (χ1) is 4.70. The van der Waals surface area contributed by atoms with E-state index >= 15 is 0 Å². The molecule has 0 bridgehead atoms. The summed E-state index contributed by atoms with van der Waals surface area (Å²) in [4.78, 5) is 10.9. The molecule has 0 saturated carbocycles. The minimum Gasteiger partial charge on any atom is -0.393 e. The van der Waals surface area contributed by atoms with Crippen molar-refractivity contribution in [2.45, 2.75) is 25.9 Å². The SMILES string of the molecule is CC(O)CC1CCNC1=O. The van der Waals surface area contributed by atoms with E-state index in [0.29, 0.717) is 6.42 Å². The molecule has 0 spiro atoms. The van der Waals surface area contributed by atoms with E-state index in [0.717, 1.165) is 13.0 Å². The number of hydrogen-bond donors (Lipinski definition) is 2. The van der Waals surface area contributed by atoms with E-state index in [1.807, 2.05) is 0 Å². The van der Waals surface area contributed by atoms with Crippen LogP contribution in [-0.2, 0) is 4.79 Å². The zero-order valence-corrected chi connectivity index (χ0v) is 6.13. The van der Waals surface area contributed by atoms with Crippen molar-refractivity contribution in [1.82, 2.24) is 5.32 Å². The summed E-state index contributed by atoms with van der Waals surface area (Å²) in [6.07, 6.45) is 1.13. The molecule has 2 atom stereocenters. The van der Waals surface area contributed by atoms with Gasteiger partial charge in [-0.25, -0.2) is 0 Å². The van der Waals surface area contributed by atoms with Crippen LogP contribution < -0.4 is 5.32 Å². The zero-order chi connectivity index (χ0) is 7.56. The van der Waals surface area contributed by atoms with Gasteiger partial charge in [-0.05, 0) is 19.8 Å². The third-order valence-corrected chi connectivity index (χ3v) is 1.79. The number of rotatable bonds is 2. The summed E-state index contributed by atoms with van der Waals surface area (Å²) < 4.78 is 0. The summed E-state index contributed by atoms with van der Waals surface area (Å²) in [5.74, 6) is 0.154. The molecule has 1 amide bonds. The predicted octanol–water partition coefficient (Wildman–Crippen LogP) is -0.107. The van der Waals surface area contributed by atoms with Gasteiger partial charge in [0.1, 0.15) is 0 Å². The van der Waals surface area contributed by atoms with Gasteiger partial charge in [-0.3, -0.25) is 4.79 Å². The van der Waals surface area contributed by atoms with Crippen molar-refractivity contribution in [3.8, 4) is 0 Å². The van der Waals surface area contributed by atoms with E-state index in [1.54, 1.807) is 6.92 Å². The minimum atomic E-state index is -0.353. The smallest absolute Gasteiger partial charge is 0.223 e. The Labute approximate surface area is 60.4 Å². The monoisotopic (exact) mass is 143 g/mol. The number of aliphatic hydroxyl groups is 1. The van der Waals surface area contributed by atoms with Crippen LogP contribution in [0.1, 0.15) is 19.8 Å². The highest BCUT2D eigenvalue weighted by Gasteiger charge is 2.24. The fraction of sp³-hybridized carbons (Fsp3) is 0.857. The summed E-state index contributed by atoms with van der Waals surface area (Å²) >= 11 is 0. The molecule has 3 heteroatoms. The maximum absolute atomic E-state index is 10.9. The van der Waals surface area contributed by atoms with E-state index in [1.165, 1.54) is 0 Å². The molecule has 1 aliphatic rings. The average molecular weight is 143 g/mol. The number of nitrogens with one attached hydrogen (secondary N) is 1. The van der Waals surface area contributed by atoms with Crippen LogP contribution in [0, 0.1) is 5.92 Å². The van der Waals surface area contributed by atoms with Gasteiger partial charge in [0.25, 0.3) is 0 Å². The average Bonchev–Trinajstić information content (AvgIpc) is 2.15. The van der Waals surface area contributed by atoms with Crippen LogP contribution in [0.3, 0.4) is 0 Å². The lowest BCUT2D eigenvalue weighted by molar-refractivity contribution is -0.123. The van der Waals surface area contributed by atoms with E-state index in [9.17, 15) is 4.79 Å². The highest BCUT2D eigenvalue weighted by Crippen LogP contribution is 2.15. The van der Waals surface area contributed by atoms with Gasteiger partial charge in [0.15, 0.2) is 0 Å². The van der Waals surface area contributed by atoms with Crippen LogP contribution in [0.25, 0.3) is 0 Å². The van der Waals surface area contributed by atoms with Crippen molar-refractivity contribution in [2.24, 2.45) is 5.92 Å². The number of amides is 1. The lowest BCUT2D eigenvalue weighted by Gasteiger charge is -2.07. The van der Waals surface area contributed by atoms with E-state index in [4.69, 9.17) is 5.11 Å². The molecule has 0 aromatic rings. The zero-order valence-electron chi connectivity index (χ0n) is 6.13. The van der Waals surface area contributed by atoms with Gasteiger partial charge in [-0.15, -0.1) is 0 Å². The lowest BCUT2D eigenvalue weighted by atomic mass is 10.0. The normalized spacial score (nSPS) is 28.2. The van der Waals surface area contributed by atoms with Crippen LogP contribution in [0.4, 0.5) is 0 Å². The molecule has 2 N–H and O–H groups in total. The Balaban J connectivity index is 2.33. The van der Waals surface area contributed by atoms with E-state index in [-0.39, 0.29) is 17.9 Å². The molecular weight excluding hydrogens is 130 g/mol. The molecule has 0 aromatic carbocycles. The van der Waals surface area contributed by atoms with Crippen molar-refractivity contribution in [1.29, 1.82) is 0 Å². The summed E-state index contributed by atoms with van der Waals surface area (Å²) in [6.45, 7) is 2.49. The molecule has 1 fully saturated rings. The van der Waals surface area contributed by atoms with Crippen LogP contribution in [0.15, 0.2) is 0 Å². The molecule has 1 heterocycles. The first-order valence-electron chi connectivity index (χ1n) is 3.66. The maximum atomic E-state index is 10.9. The van der Waals surface area contributed by atoms with Gasteiger partial charge < -0.3 is 10.4 Å². The van der Waals surface area contributed by atoms with Gasteiger partial charge >= 0.3 is 0 Å². The quantitative estimate of drug-likeness (QED) is 0.566. The van der Waals surface area contributed by atoms with Crippen LogP contribution >= 0.6 is 0 Å². The predicted molar refractivity (Wildman–Crippen MR) is 37.4 cm³/mol. The highest BCUT2D eigenvalue weighted by molar-refractivity contribution is 5.80. The molecule has 3 nitrogen and oxygen atoms in total. The Kier molecular flexibility index (Phi) is 2.27. The minimum absolute atomic E-state index is 0.0556. The largest absolute Gasteiger partial charge is 0.393 e. The van der Waals surface area contributed by atoms with Crippen molar-refractivity contribution >= 4 is 5.91 Å². The van der Waals surface area contributed by atoms with Crippen molar-refractivity contribution < 1.29 is 9.90 Å². The first-order valence-corrected chi connectivity index (χ1v) is 3.66. The van der Waals surface area contributed by atoms with Crippen LogP contribution in [0.2, 0.25) is 0 Å². The number of carbonyl (C=O) groups is 1. The van der Waals surface area contributed by atoms with Crippen molar-refractivity contribution in [2.75, 3.05) is 6.54 Å². The second kappa shape index (κ2) is 3.01. The maximum Gasteiger partial charge on any atom is 0.223 e. The molecule has 10 heavy (non-hydrogen) atoms. The van der Waals surface area contributed by atoms with Gasteiger partial charge in [-0.1, -0.05) is 0 Å². The Bertz CT molecular complexity index is 134. The van der Waals surface area contributed by atoms with Gasteiger partial charge in [0.2, 0.25) is 5.91 Å². The molecule has 2 unspecified atom stereocenters. The molecule has 0 radical (unpaired) electrons. The molecule has 58 valence electrons. The fourth-order valence-electron chi connectivity index (χ4n) is 1.28. The Morgan fingerprint density at radius 1 is 1.90 bits per heavy atom. The Morgan fingerprint density at radius 2 is 2.60 bits per heavy atom. The Hall–Kier alpha value is -0.570. The van der Waals surface area contributed by atoms with Crippen LogP contribution in [-0.4, -0.2) is 23.7 Å². The van der Waals surface area contributed by atoms with Crippen LogP contribution in [0.5, 0.6) is 0 Å². The van der Waals surface area contributed by atoms with E-state index < -0.39 is 0 Å². The third-order valence-electron chi connectivity index (χ3n) is 1.79. The molecule has 1 aliphatic heterocycles. The van der Waals surface area contributed by atoms with Gasteiger partial charge in [0, 0.05) is 12.5 Å². The highest BCUT2D eigenvalue weighted by atomic mass is 16.3. The fourth-order valence-corrected chi connectivity index (χ4v) is 1.28.